The van der Waals surface area contributed by atoms with Crippen molar-refractivity contribution in [2.75, 3.05) is 17.2 Å². The van der Waals surface area contributed by atoms with E-state index >= 15 is 0 Å². The zero-order chi connectivity index (χ0) is 15.6. The Kier molecular flexibility index (Phi) is 4.25. The maximum absolute atomic E-state index is 11.6. The van der Waals surface area contributed by atoms with Crippen LogP contribution in [0.5, 0.6) is 5.88 Å². The molecular weight excluding hydrogens is 268 g/mol. The summed E-state index contributed by atoms with van der Waals surface area (Å²) in [4.78, 5) is 18.0. The van der Waals surface area contributed by atoms with Crippen molar-refractivity contribution >= 4 is 17.4 Å². The van der Waals surface area contributed by atoms with Crippen LogP contribution >= 0.6 is 0 Å². The zero-order valence-corrected chi connectivity index (χ0v) is 12.9. The van der Waals surface area contributed by atoms with Crippen molar-refractivity contribution in [2.45, 2.75) is 51.7 Å². The van der Waals surface area contributed by atoms with Crippen LogP contribution in [0, 0.1) is 0 Å². The molecule has 0 spiro atoms. The second-order valence-electron chi connectivity index (χ2n) is 6.39. The Hall–Kier alpha value is -1.98. The molecule has 116 valence electrons. The number of hydrogen-bond acceptors (Lipinski definition) is 5. The van der Waals surface area contributed by atoms with Crippen LogP contribution in [0.25, 0.3) is 0 Å². The lowest BCUT2D eigenvalue weighted by Gasteiger charge is -2.35. The van der Waals surface area contributed by atoms with Crippen molar-refractivity contribution in [1.29, 1.82) is 0 Å². The first-order chi connectivity index (χ1) is 9.78. The van der Waals surface area contributed by atoms with E-state index in [0.29, 0.717) is 17.4 Å². The van der Waals surface area contributed by atoms with E-state index in [-0.39, 0.29) is 17.6 Å². The molecule has 1 unspecified atom stereocenters. The summed E-state index contributed by atoms with van der Waals surface area (Å²) in [5.41, 5.74) is 11.5. The van der Waals surface area contributed by atoms with Crippen LogP contribution in [0.2, 0.25) is 0 Å². The molecule has 1 atom stereocenters. The van der Waals surface area contributed by atoms with Crippen LogP contribution in [0.4, 0.5) is 11.5 Å². The quantitative estimate of drug-likeness (QED) is 0.884. The minimum atomic E-state index is -0.384. The Morgan fingerprint density at radius 3 is 2.71 bits per heavy atom. The lowest BCUT2D eigenvalue weighted by atomic mass is 10.0. The Morgan fingerprint density at radius 1 is 1.38 bits per heavy atom. The molecule has 1 aliphatic rings. The first-order valence-corrected chi connectivity index (χ1v) is 7.29. The number of aromatic nitrogens is 1. The molecule has 1 fully saturated rings. The van der Waals surface area contributed by atoms with Gasteiger partial charge in [-0.25, -0.2) is 0 Å². The number of anilines is 2. The molecule has 4 N–H and O–H groups in total. The summed E-state index contributed by atoms with van der Waals surface area (Å²) in [7, 11) is 0. The van der Waals surface area contributed by atoms with Gasteiger partial charge in [0.25, 0.3) is 0 Å². The first kappa shape index (κ1) is 15.4. The molecule has 2 heterocycles. The number of carbonyl (C=O) groups excluding carboxylic acids is 1. The molecule has 6 heteroatoms. The second kappa shape index (κ2) is 5.79. The van der Waals surface area contributed by atoms with Gasteiger partial charge < -0.3 is 21.1 Å². The van der Waals surface area contributed by atoms with E-state index in [1.807, 2.05) is 31.7 Å². The molecule has 1 amide bonds. The number of primary amides is 1. The molecule has 2 rings (SSSR count). The lowest BCUT2D eigenvalue weighted by molar-refractivity contribution is -0.119. The number of rotatable bonds is 3. The van der Waals surface area contributed by atoms with Gasteiger partial charge in [0.2, 0.25) is 11.8 Å². The summed E-state index contributed by atoms with van der Waals surface area (Å²) in [6, 6.07) is 3.26. The number of nitrogens with zero attached hydrogens (tertiary/aromatic N) is 2. The fraction of sp³-hybridized carbons (Fsp3) is 0.600. The predicted molar refractivity (Wildman–Crippen MR) is 83.2 cm³/mol. The minimum Gasteiger partial charge on any atom is -0.470 e. The normalized spacial score (nSPS) is 19.4. The average molecular weight is 292 g/mol. The lowest BCUT2D eigenvalue weighted by Crippen LogP contribution is -2.48. The number of nitrogen functional groups attached to an aromatic ring is 1. The monoisotopic (exact) mass is 292 g/mol. The summed E-state index contributed by atoms with van der Waals surface area (Å²) in [6.45, 7) is 6.58. The fourth-order valence-corrected chi connectivity index (χ4v) is 2.47. The average Bonchev–Trinajstić information content (AvgIpc) is 2.40. The molecule has 0 aliphatic carbocycles. The van der Waals surface area contributed by atoms with E-state index < -0.39 is 0 Å². The number of ether oxygens (including phenoxy) is 1. The van der Waals surface area contributed by atoms with Gasteiger partial charge in [-0.05, 0) is 52.2 Å². The molecule has 1 aliphatic heterocycles. The fourth-order valence-electron chi connectivity index (χ4n) is 2.47. The standard InChI is InChI=1S/C15H24N4O2/c1-15(2,3)21-14-10(16)7-8-12(18-14)19-9-5-4-6-11(19)13(17)20/h7-8,11H,4-6,9,16H2,1-3H3,(H2,17,20). The number of hydrogen-bond donors (Lipinski definition) is 2. The van der Waals surface area contributed by atoms with Crippen LogP contribution < -0.4 is 21.1 Å². The highest BCUT2D eigenvalue weighted by atomic mass is 16.5. The molecule has 1 saturated heterocycles. The van der Waals surface area contributed by atoms with Crippen molar-refractivity contribution in [1.82, 2.24) is 4.98 Å². The molecular formula is C15H24N4O2. The molecule has 1 aromatic rings. The number of carbonyl (C=O) groups is 1. The van der Waals surface area contributed by atoms with E-state index in [0.717, 1.165) is 25.8 Å². The predicted octanol–water partition coefficient (Wildman–Crippen LogP) is 1.69. The van der Waals surface area contributed by atoms with Crippen LogP contribution in [-0.2, 0) is 4.79 Å². The van der Waals surface area contributed by atoms with Gasteiger partial charge in [0.15, 0.2) is 0 Å². The Morgan fingerprint density at radius 2 is 2.10 bits per heavy atom. The van der Waals surface area contributed by atoms with Crippen molar-refractivity contribution in [3.8, 4) is 5.88 Å². The SMILES string of the molecule is CC(C)(C)Oc1nc(N2CCCCC2C(N)=O)ccc1N. The van der Waals surface area contributed by atoms with Crippen molar-refractivity contribution in [3.05, 3.63) is 12.1 Å². The summed E-state index contributed by atoms with van der Waals surface area (Å²) >= 11 is 0. The molecule has 0 bridgehead atoms. The van der Waals surface area contributed by atoms with Gasteiger partial charge in [-0.3, -0.25) is 4.79 Å². The third-order valence-electron chi connectivity index (χ3n) is 3.40. The van der Waals surface area contributed by atoms with Gasteiger partial charge in [-0.2, -0.15) is 4.98 Å². The van der Waals surface area contributed by atoms with Crippen LogP contribution in [0.3, 0.4) is 0 Å². The number of piperidine rings is 1. The van der Waals surface area contributed by atoms with E-state index in [1.54, 1.807) is 6.07 Å². The van der Waals surface area contributed by atoms with E-state index in [9.17, 15) is 4.79 Å². The number of nitrogens with two attached hydrogens (primary N) is 2. The maximum Gasteiger partial charge on any atom is 0.240 e. The summed E-state index contributed by atoms with van der Waals surface area (Å²) in [6.07, 6.45) is 2.78. The highest BCUT2D eigenvalue weighted by Gasteiger charge is 2.28. The molecule has 0 saturated carbocycles. The van der Waals surface area contributed by atoms with Crippen LogP contribution in [-0.4, -0.2) is 29.1 Å². The maximum atomic E-state index is 11.6. The van der Waals surface area contributed by atoms with Crippen LogP contribution in [0.15, 0.2) is 12.1 Å². The smallest absolute Gasteiger partial charge is 0.240 e. The Bertz CT molecular complexity index is 525. The third-order valence-corrected chi connectivity index (χ3v) is 3.40. The Labute approximate surface area is 125 Å². The number of amides is 1. The third kappa shape index (κ3) is 3.77. The molecule has 0 aromatic carbocycles. The van der Waals surface area contributed by atoms with E-state index in [2.05, 4.69) is 4.98 Å². The number of pyridine rings is 1. The largest absolute Gasteiger partial charge is 0.470 e. The summed E-state index contributed by atoms with van der Waals surface area (Å²) < 4.78 is 5.78. The van der Waals surface area contributed by atoms with Gasteiger partial charge >= 0.3 is 0 Å². The van der Waals surface area contributed by atoms with Gasteiger partial charge in [-0.1, -0.05) is 0 Å². The van der Waals surface area contributed by atoms with E-state index in [4.69, 9.17) is 16.2 Å². The van der Waals surface area contributed by atoms with E-state index in [1.165, 1.54) is 0 Å². The van der Waals surface area contributed by atoms with Crippen LogP contribution in [0.1, 0.15) is 40.0 Å². The van der Waals surface area contributed by atoms with Crippen molar-refractivity contribution < 1.29 is 9.53 Å². The van der Waals surface area contributed by atoms with Gasteiger partial charge in [0.1, 0.15) is 17.5 Å². The highest BCUT2D eigenvalue weighted by molar-refractivity contribution is 5.83. The van der Waals surface area contributed by atoms with Crippen molar-refractivity contribution in [3.63, 3.8) is 0 Å². The van der Waals surface area contributed by atoms with Crippen molar-refractivity contribution in [2.24, 2.45) is 5.73 Å². The highest BCUT2D eigenvalue weighted by Crippen LogP contribution is 2.29. The molecule has 1 aromatic heterocycles. The van der Waals surface area contributed by atoms with Gasteiger partial charge in [-0.15, -0.1) is 0 Å². The molecule has 21 heavy (non-hydrogen) atoms. The molecule has 6 nitrogen and oxygen atoms in total. The minimum absolute atomic E-state index is 0.308. The van der Waals surface area contributed by atoms with Gasteiger partial charge in [0, 0.05) is 6.54 Å². The van der Waals surface area contributed by atoms with Gasteiger partial charge in [0.05, 0.1) is 5.69 Å². The second-order valence-corrected chi connectivity index (χ2v) is 6.39. The topological polar surface area (TPSA) is 94.5 Å². The Balaban J connectivity index is 2.30. The summed E-state index contributed by atoms with van der Waals surface area (Å²) in [5, 5.41) is 0. The molecule has 0 radical (unpaired) electrons. The summed E-state index contributed by atoms with van der Waals surface area (Å²) in [5.74, 6) is 0.771. The first-order valence-electron chi connectivity index (χ1n) is 7.29. The zero-order valence-electron chi connectivity index (χ0n) is 12.9.